The summed E-state index contributed by atoms with van der Waals surface area (Å²) in [4.78, 5) is 23.7. The van der Waals surface area contributed by atoms with Crippen LogP contribution in [-0.4, -0.2) is 23.8 Å². The largest absolute Gasteiger partial charge is 0.369 e. The van der Waals surface area contributed by atoms with Crippen molar-refractivity contribution in [2.24, 2.45) is 5.92 Å². The Morgan fingerprint density at radius 2 is 1.52 bits per heavy atom. The van der Waals surface area contributed by atoms with Gasteiger partial charge in [-0.25, -0.2) is 0 Å². The van der Waals surface area contributed by atoms with Crippen molar-refractivity contribution in [3.63, 3.8) is 0 Å². The highest BCUT2D eigenvalue weighted by Crippen LogP contribution is 2.30. The van der Waals surface area contributed by atoms with E-state index in [0.29, 0.717) is 25.0 Å². The molecule has 0 amide bonds. The minimum atomic E-state index is -0.392. The SMILES string of the molecule is CCCCC[C@H]1O[C@H]1C/C=C\CCCCCCCC(=O)C(C)C(=O)CCC. The number of epoxide rings is 1. The second kappa shape index (κ2) is 15.0. The van der Waals surface area contributed by atoms with E-state index in [4.69, 9.17) is 4.74 Å². The van der Waals surface area contributed by atoms with Crippen LogP contribution in [0.1, 0.15) is 111 Å². The third-order valence-corrected chi connectivity index (χ3v) is 5.57. The van der Waals surface area contributed by atoms with Crippen LogP contribution in [0.5, 0.6) is 0 Å². The maximum absolute atomic E-state index is 12.0. The van der Waals surface area contributed by atoms with E-state index in [9.17, 15) is 9.59 Å². The van der Waals surface area contributed by atoms with Crippen LogP contribution in [0, 0.1) is 5.92 Å². The molecule has 0 aromatic rings. The molecule has 1 rings (SSSR count). The van der Waals surface area contributed by atoms with E-state index in [2.05, 4.69) is 19.1 Å². The van der Waals surface area contributed by atoms with Gasteiger partial charge in [-0.1, -0.05) is 64.5 Å². The van der Waals surface area contributed by atoms with Gasteiger partial charge in [0, 0.05) is 12.8 Å². The zero-order valence-corrected chi connectivity index (χ0v) is 18.0. The number of hydrogen-bond acceptors (Lipinski definition) is 3. The zero-order chi connectivity index (χ0) is 19.9. The molecule has 0 bridgehead atoms. The first kappa shape index (κ1) is 24.1. The number of rotatable bonds is 18. The molecule has 1 unspecified atom stereocenters. The predicted octanol–water partition coefficient (Wildman–Crippen LogP) is 6.59. The van der Waals surface area contributed by atoms with Crippen molar-refractivity contribution >= 4 is 11.6 Å². The van der Waals surface area contributed by atoms with Crippen molar-refractivity contribution in [1.29, 1.82) is 0 Å². The Kier molecular flexibility index (Phi) is 13.4. The molecule has 0 radical (unpaired) electrons. The van der Waals surface area contributed by atoms with Crippen LogP contribution >= 0.6 is 0 Å². The lowest BCUT2D eigenvalue weighted by Crippen LogP contribution is -2.20. The summed E-state index contributed by atoms with van der Waals surface area (Å²) in [5, 5.41) is 0. The molecular formula is C24H42O3. The minimum absolute atomic E-state index is 0.109. The predicted molar refractivity (Wildman–Crippen MR) is 113 cm³/mol. The molecular weight excluding hydrogens is 336 g/mol. The molecule has 1 saturated heterocycles. The van der Waals surface area contributed by atoms with Crippen LogP contribution in [-0.2, 0) is 14.3 Å². The fourth-order valence-electron chi connectivity index (χ4n) is 3.53. The van der Waals surface area contributed by atoms with E-state index in [1.165, 1.54) is 44.9 Å². The summed E-state index contributed by atoms with van der Waals surface area (Å²) in [6, 6.07) is 0. The topological polar surface area (TPSA) is 46.7 Å². The number of ether oxygens (including phenoxy) is 1. The molecule has 1 heterocycles. The quantitative estimate of drug-likeness (QED) is 0.117. The van der Waals surface area contributed by atoms with Crippen LogP contribution < -0.4 is 0 Å². The molecule has 156 valence electrons. The van der Waals surface area contributed by atoms with Gasteiger partial charge >= 0.3 is 0 Å². The Hall–Kier alpha value is -0.960. The zero-order valence-electron chi connectivity index (χ0n) is 18.0. The van der Waals surface area contributed by atoms with Gasteiger partial charge in [0.1, 0.15) is 11.6 Å². The highest BCUT2D eigenvalue weighted by molar-refractivity contribution is 6.01. The number of carbonyl (C=O) groups is 2. The number of allylic oxidation sites excluding steroid dienone is 1. The molecule has 1 aliphatic heterocycles. The van der Waals surface area contributed by atoms with E-state index in [0.717, 1.165) is 32.1 Å². The fraction of sp³-hybridized carbons (Fsp3) is 0.833. The van der Waals surface area contributed by atoms with Gasteiger partial charge in [-0.2, -0.15) is 0 Å². The first-order chi connectivity index (χ1) is 13.1. The molecule has 3 nitrogen and oxygen atoms in total. The molecule has 0 aliphatic carbocycles. The van der Waals surface area contributed by atoms with Crippen LogP contribution in [0.15, 0.2) is 12.2 Å². The molecule has 0 saturated carbocycles. The van der Waals surface area contributed by atoms with Gasteiger partial charge in [0.15, 0.2) is 0 Å². The summed E-state index contributed by atoms with van der Waals surface area (Å²) in [6.45, 7) is 5.99. The van der Waals surface area contributed by atoms with Gasteiger partial charge in [-0.05, 0) is 45.4 Å². The van der Waals surface area contributed by atoms with Crippen molar-refractivity contribution in [2.45, 2.75) is 123 Å². The van der Waals surface area contributed by atoms with Crippen molar-refractivity contribution in [3.05, 3.63) is 12.2 Å². The molecule has 0 N–H and O–H groups in total. The van der Waals surface area contributed by atoms with Gasteiger partial charge in [0.2, 0.25) is 0 Å². The first-order valence-corrected chi connectivity index (χ1v) is 11.5. The number of unbranched alkanes of at least 4 members (excludes halogenated alkanes) is 7. The third-order valence-electron chi connectivity index (χ3n) is 5.57. The smallest absolute Gasteiger partial charge is 0.143 e. The standard InChI is InChI=1S/C24H42O3/c1-4-6-13-18-23-24(27-23)19-15-12-10-8-7-9-11-14-17-22(26)20(3)21(25)16-5-2/h12,15,20,23-24H,4-11,13-14,16-19H2,1-3H3/b15-12-/t20?,23-,24+/m1/s1. The summed E-state index contributed by atoms with van der Waals surface area (Å²) in [5.74, 6) is -0.151. The summed E-state index contributed by atoms with van der Waals surface area (Å²) in [5.41, 5.74) is 0. The van der Waals surface area contributed by atoms with Gasteiger partial charge in [-0.3, -0.25) is 9.59 Å². The van der Waals surface area contributed by atoms with Gasteiger partial charge in [0.25, 0.3) is 0 Å². The van der Waals surface area contributed by atoms with Crippen LogP contribution in [0.25, 0.3) is 0 Å². The third kappa shape index (κ3) is 11.5. The van der Waals surface area contributed by atoms with Crippen molar-refractivity contribution in [2.75, 3.05) is 0 Å². The van der Waals surface area contributed by atoms with Crippen LogP contribution in [0.2, 0.25) is 0 Å². The minimum Gasteiger partial charge on any atom is -0.369 e. The second-order valence-corrected chi connectivity index (χ2v) is 8.13. The van der Waals surface area contributed by atoms with Crippen LogP contribution in [0.3, 0.4) is 0 Å². The van der Waals surface area contributed by atoms with Crippen molar-refractivity contribution < 1.29 is 14.3 Å². The lowest BCUT2D eigenvalue weighted by atomic mass is 9.94. The maximum atomic E-state index is 12.0. The Morgan fingerprint density at radius 1 is 0.815 bits per heavy atom. The summed E-state index contributed by atoms with van der Waals surface area (Å²) < 4.78 is 5.70. The number of Topliss-reactive ketones (excluding diaryl/α,β-unsaturated/α-hetero) is 2. The van der Waals surface area contributed by atoms with E-state index < -0.39 is 5.92 Å². The molecule has 0 aromatic heterocycles. The van der Waals surface area contributed by atoms with E-state index in [1.54, 1.807) is 6.92 Å². The molecule has 27 heavy (non-hydrogen) atoms. The van der Waals surface area contributed by atoms with Gasteiger partial charge in [-0.15, -0.1) is 0 Å². The van der Waals surface area contributed by atoms with Crippen LogP contribution in [0.4, 0.5) is 0 Å². The highest BCUT2D eigenvalue weighted by atomic mass is 16.6. The Bertz CT molecular complexity index is 441. The lowest BCUT2D eigenvalue weighted by molar-refractivity contribution is -0.132. The molecule has 0 aromatic carbocycles. The average molecular weight is 379 g/mol. The molecule has 1 fully saturated rings. The summed E-state index contributed by atoms with van der Waals surface area (Å²) in [6.07, 6.45) is 20.6. The van der Waals surface area contributed by atoms with Crippen molar-refractivity contribution in [1.82, 2.24) is 0 Å². The first-order valence-electron chi connectivity index (χ1n) is 11.5. The van der Waals surface area contributed by atoms with Gasteiger partial charge < -0.3 is 4.74 Å². The molecule has 3 atom stereocenters. The Balaban J connectivity index is 1.89. The molecule has 3 heteroatoms. The fourth-order valence-corrected chi connectivity index (χ4v) is 3.53. The Labute approximate surface area is 167 Å². The summed E-state index contributed by atoms with van der Waals surface area (Å²) in [7, 11) is 0. The number of hydrogen-bond donors (Lipinski definition) is 0. The van der Waals surface area contributed by atoms with Gasteiger partial charge in [0.05, 0.1) is 18.1 Å². The maximum Gasteiger partial charge on any atom is 0.143 e. The summed E-state index contributed by atoms with van der Waals surface area (Å²) >= 11 is 0. The Morgan fingerprint density at radius 3 is 2.26 bits per heavy atom. The normalized spacial score (nSPS) is 20.1. The molecule has 1 aliphatic rings. The monoisotopic (exact) mass is 378 g/mol. The number of ketones is 2. The highest BCUT2D eigenvalue weighted by Gasteiger charge is 2.36. The van der Waals surface area contributed by atoms with Crippen molar-refractivity contribution in [3.8, 4) is 0 Å². The average Bonchev–Trinajstić information content (AvgIpc) is 3.41. The molecule has 0 spiro atoms. The second-order valence-electron chi connectivity index (χ2n) is 8.13. The van der Waals surface area contributed by atoms with E-state index in [1.807, 2.05) is 6.92 Å². The lowest BCUT2D eigenvalue weighted by Gasteiger charge is -2.08. The van der Waals surface area contributed by atoms with E-state index >= 15 is 0 Å². The van der Waals surface area contributed by atoms with E-state index in [-0.39, 0.29) is 11.6 Å². The number of carbonyl (C=O) groups excluding carboxylic acids is 2.